The molecule has 1 heterocycles. The molecule has 164 valence electrons. The van der Waals surface area contributed by atoms with Crippen LogP contribution in [-0.4, -0.2) is 23.6 Å². The Morgan fingerprint density at radius 1 is 1.10 bits per heavy atom. The largest absolute Gasteiger partial charge is 0.409 e. The van der Waals surface area contributed by atoms with Crippen molar-refractivity contribution >= 4 is 16.7 Å². The number of alkyl halides is 3. The number of carbonyl (C=O) groups excluding carboxylic acids is 1. The van der Waals surface area contributed by atoms with Gasteiger partial charge in [0.05, 0.1) is 5.41 Å². The van der Waals surface area contributed by atoms with E-state index in [1.54, 1.807) is 26.0 Å². The maximum atomic E-state index is 14.1. The van der Waals surface area contributed by atoms with E-state index < -0.39 is 17.6 Å². The fraction of sp³-hybridized carbons (Fsp3) is 0.542. The van der Waals surface area contributed by atoms with E-state index in [0.717, 1.165) is 28.8 Å². The molecule has 1 aliphatic heterocycles. The van der Waals surface area contributed by atoms with Gasteiger partial charge in [0.2, 0.25) is 5.91 Å². The van der Waals surface area contributed by atoms with Gasteiger partial charge in [0.25, 0.3) is 0 Å². The summed E-state index contributed by atoms with van der Waals surface area (Å²) >= 11 is 0. The third-order valence-electron chi connectivity index (χ3n) is 5.89. The standard InChI is InChI=1S/C24H31F3N2O/c1-4-5-6-7-8-10-17-13-14-19-18(15-17)11-9-12-20(19)21(24(25,26)27)29-16-23(2,3)22(30)28-29/h9,11-15,21H,4-8,10,16H2,1-3H3,(H,28,30). The smallest absolute Gasteiger partial charge is 0.287 e. The Balaban J connectivity index is 1.88. The number of benzene rings is 2. The fourth-order valence-corrected chi connectivity index (χ4v) is 4.18. The number of carbonyl (C=O) groups is 1. The van der Waals surface area contributed by atoms with Gasteiger partial charge in [0.15, 0.2) is 6.04 Å². The lowest BCUT2D eigenvalue weighted by Gasteiger charge is -2.30. The van der Waals surface area contributed by atoms with Gasteiger partial charge in [-0.05, 0) is 48.6 Å². The SMILES string of the molecule is CCCCCCCc1ccc2c(C(N3CC(C)(C)C(=O)N3)C(F)(F)F)cccc2c1. The Hall–Kier alpha value is -2.08. The van der Waals surface area contributed by atoms with E-state index in [1.165, 1.54) is 31.7 Å². The molecule has 2 aromatic rings. The highest BCUT2D eigenvalue weighted by Gasteiger charge is 2.51. The molecular formula is C24H31F3N2O. The molecule has 0 spiro atoms. The zero-order chi connectivity index (χ0) is 21.9. The van der Waals surface area contributed by atoms with Crippen LogP contribution in [-0.2, 0) is 11.2 Å². The molecule has 1 N–H and O–H groups in total. The molecule has 3 nitrogen and oxygen atoms in total. The molecule has 3 rings (SSSR count). The number of halogens is 3. The second kappa shape index (κ2) is 8.96. The van der Waals surface area contributed by atoms with Crippen LogP contribution >= 0.6 is 0 Å². The second-order valence-electron chi connectivity index (χ2n) is 8.96. The van der Waals surface area contributed by atoms with Gasteiger partial charge in [-0.15, -0.1) is 0 Å². The van der Waals surface area contributed by atoms with Crippen molar-refractivity contribution in [2.24, 2.45) is 5.41 Å². The molecular weight excluding hydrogens is 389 g/mol. The summed E-state index contributed by atoms with van der Waals surface area (Å²) in [5, 5.41) is 2.42. The first-order valence-electron chi connectivity index (χ1n) is 10.8. The molecule has 0 aliphatic carbocycles. The second-order valence-corrected chi connectivity index (χ2v) is 8.96. The third kappa shape index (κ3) is 4.97. The van der Waals surface area contributed by atoms with E-state index in [-0.39, 0.29) is 18.0 Å². The summed E-state index contributed by atoms with van der Waals surface area (Å²) in [6, 6.07) is 8.90. The summed E-state index contributed by atoms with van der Waals surface area (Å²) in [5.74, 6) is -0.387. The maximum absolute atomic E-state index is 14.1. The number of nitrogens with one attached hydrogen (secondary N) is 1. The van der Waals surface area contributed by atoms with Crippen LogP contribution in [0.15, 0.2) is 36.4 Å². The molecule has 2 aromatic carbocycles. The van der Waals surface area contributed by atoms with Crippen molar-refractivity contribution in [1.29, 1.82) is 0 Å². The third-order valence-corrected chi connectivity index (χ3v) is 5.89. The Labute approximate surface area is 176 Å². The predicted octanol–water partition coefficient (Wildman–Crippen LogP) is 6.33. The molecule has 1 amide bonds. The van der Waals surface area contributed by atoms with Crippen molar-refractivity contribution in [3.8, 4) is 0 Å². The first-order chi connectivity index (χ1) is 14.1. The molecule has 1 saturated heterocycles. The van der Waals surface area contributed by atoms with Crippen molar-refractivity contribution in [3.05, 3.63) is 47.5 Å². The van der Waals surface area contributed by atoms with Gasteiger partial charge >= 0.3 is 6.18 Å². The molecule has 0 aromatic heterocycles. The molecule has 1 unspecified atom stereocenters. The zero-order valence-corrected chi connectivity index (χ0v) is 18.0. The molecule has 1 atom stereocenters. The van der Waals surface area contributed by atoms with E-state index in [2.05, 4.69) is 12.3 Å². The van der Waals surface area contributed by atoms with Gasteiger partial charge in [-0.25, -0.2) is 5.01 Å². The number of hydrogen-bond donors (Lipinski definition) is 1. The van der Waals surface area contributed by atoms with Gasteiger partial charge in [0.1, 0.15) is 0 Å². The van der Waals surface area contributed by atoms with Crippen LogP contribution < -0.4 is 5.43 Å². The number of unbranched alkanes of at least 4 members (excludes halogenated alkanes) is 4. The molecule has 30 heavy (non-hydrogen) atoms. The first kappa shape index (κ1) is 22.6. The highest BCUT2D eigenvalue weighted by Crippen LogP contribution is 2.42. The van der Waals surface area contributed by atoms with Crippen LogP contribution in [0.2, 0.25) is 0 Å². The van der Waals surface area contributed by atoms with Crippen molar-refractivity contribution in [2.75, 3.05) is 6.54 Å². The number of nitrogens with zero attached hydrogens (tertiary/aromatic N) is 1. The van der Waals surface area contributed by atoms with Crippen LogP contribution in [0.25, 0.3) is 10.8 Å². The average molecular weight is 421 g/mol. The van der Waals surface area contributed by atoms with E-state index in [9.17, 15) is 18.0 Å². The van der Waals surface area contributed by atoms with E-state index >= 15 is 0 Å². The number of fused-ring (bicyclic) bond motifs is 1. The van der Waals surface area contributed by atoms with Crippen molar-refractivity contribution in [3.63, 3.8) is 0 Å². The number of rotatable bonds is 8. The quantitative estimate of drug-likeness (QED) is 0.506. The highest BCUT2D eigenvalue weighted by atomic mass is 19.4. The minimum atomic E-state index is -4.51. The van der Waals surface area contributed by atoms with E-state index in [4.69, 9.17) is 0 Å². The van der Waals surface area contributed by atoms with Gasteiger partial charge in [-0.1, -0.05) is 69.0 Å². The normalized spacial score (nSPS) is 18.0. The Morgan fingerprint density at radius 3 is 2.47 bits per heavy atom. The minimum Gasteiger partial charge on any atom is -0.287 e. The first-order valence-corrected chi connectivity index (χ1v) is 10.8. The predicted molar refractivity (Wildman–Crippen MR) is 114 cm³/mol. The number of hydrazine groups is 1. The summed E-state index contributed by atoms with van der Waals surface area (Å²) < 4.78 is 42.4. The topological polar surface area (TPSA) is 32.3 Å². The van der Waals surface area contributed by atoms with Crippen molar-refractivity contribution in [2.45, 2.75) is 71.5 Å². The molecule has 1 aliphatic rings. The van der Waals surface area contributed by atoms with E-state index in [0.29, 0.717) is 5.39 Å². The van der Waals surface area contributed by atoms with Gasteiger partial charge in [-0.2, -0.15) is 13.2 Å². The summed E-state index contributed by atoms with van der Waals surface area (Å²) in [6.07, 6.45) is 2.34. The van der Waals surface area contributed by atoms with Crippen molar-refractivity contribution < 1.29 is 18.0 Å². The molecule has 0 bridgehead atoms. The Bertz CT molecular complexity index is 892. The Morgan fingerprint density at radius 2 is 1.83 bits per heavy atom. The molecule has 0 radical (unpaired) electrons. The van der Waals surface area contributed by atoms with Gasteiger partial charge in [-0.3, -0.25) is 10.2 Å². The monoisotopic (exact) mass is 420 g/mol. The van der Waals surface area contributed by atoms with Gasteiger partial charge in [0, 0.05) is 6.54 Å². The van der Waals surface area contributed by atoms with Crippen LogP contribution in [0.3, 0.4) is 0 Å². The Kier molecular flexibility index (Phi) is 6.75. The zero-order valence-electron chi connectivity index (χ0n) is 18.0. The average Bonchev–Trinajstić information content (AvgIpc) is 2.92. The van der Waals surface area contributed by atoms with Crippen LogP contribution in [0, 0.1) is 5.41 Å². The lowest BCUT2D eigenvalue weighted by atomic mass is 9.92. The molecule has 1 fully saturated rings. The highest BCUT2D eigenvalue weighted by molar-refractivity contribution is 5.87. The van der Waals surface area contributed by atoms with Crippen LogP contribution in [0.1, 0.15) is 70.0 Å². The minimum absolute atomic E-state index is 0.00222. The molecule has 0 saturated carbocycles. The van der Waals surface area contributed by atoms with Gasteiger partial charge < -0.3 is 0 Å². The molecule has 6 heteroatoms. The van der Waals surface area contributed by atoms with Crippen molar-refractivity contribution in [1.82, 2.24) is 10.4 Å². The lowest BCUT2D eigenvalue weighted by molar-refractivity contribution is -0.191. The van der Waals surface area contributed by atoms with E-state index in [1.807, 2.05) is 18.2 Å². The summed E-state index contributed by atoms with van der Waals surface area (Å²) in [4.78, 5) is 12.1. The number of hydrogen-bond acceptors (Lipinski definition) is 2. The fourth-order valence-electron chi connectivity index (χ4n) is 4.18. The van der Waals surface area contributed by atoms with Crippen LogP contribution in [0.5, 0.6) is 0 Å². The van der Waals surface area contributed by atoms with Crippen LogP contribution in [0.4, 0.5) is 13.2 Å². The lowest BCUT2D eigenvalue weighted by Crippen LogP contribution is -2.43. The summed E-state index contributed by atoms with van der Waals surface area (Å²) in [6.45, 7) is 5.50. The maximum Gasteiger partial charge on any atom is 0.409 e. The number of aryl methyl sites for hydroxylation is 1. The summed E-state index contributed by atoms with van der Waals surface area (Å²) in [7, 11) is 0. The summed E-state index contributed by atoms with van der Waals surface area (Å²) in [5.41, 5.74) is 2.90. The number of amides is 1.